The van der Waals surface area contributed by atoms with Crippen molar-refractivity contribution in [2.45, 2.75) is 71.3 Å². The molecule has 134 valence electrons. The highest BCUT2D eigenvalue weighted by atomic mass is 19.4. The monoisotopic (exact) mass is 338 g/mol. The number of halogens is 3. The number of piperidine rings is 1. The smallest absolute Gasteiger partial charge is 0.408 e. The molecule has 0 spiro atoms. The Morgan fingerprint density at radius 2 is 1.74 bits per heavy atom. The Balaban J connectivity index is 2.79. The molecule has 1 saturated heterocycles. The fraction of sp³-hybridized carbons (Fsp3) is 0.867. The average molecular weight is 338 g/mol. The summed E-state index contributed by atoms with van der Waals surface area (Å²) in [6.45, 7) is 8.03. The second kappa shape index (κ2) is 6.97. The summed E-state index contributed by atoms with van der Waals surface area (Å²) in [5.41, 5.74) is -0.694. The average Bonchev–Trinajstić information content (AvgIpc) is 2.33. The molecule has 0 saturated carbocycles. The largest absolute Gasteiger partial charge is 0.444 e. The quantitative estimate of drug-likeness (QED) is 0.842. The lowest BCUT2D eigenvalue weighted by Gasteiger charge is -2.41. The van der Waals surface area contributed by atoms with Crippen LogP contribution in [0.5, 0.6) is 0 Å². The highest BCUT2D eigenvalue weighted by molar-refractivity contribution is 5.79. The molecule has 0 bridgehead atoms. The molecule has 1 N–H and O–H groups in total. The summed E-state index contributed by atoms with van der Waals surface area (Å²) in [7, 11) is 0. The Morgan fingerprint density at radius 3 is 2.17 bits per heavy atom. The molecule has 1 heterocycles. The number of hydrogen-bond donors (Lipinski definition) is 1. The number of alkyl carbamates (subject to hydrolysis) is 1. The number of amides is 2. The number of nitrogens with one attached hydrogen (secondary N) is 1. The number of nitrogens with zero attached hydrogens (tertiary/aromatic N) is 1. The van der Waals surface area contributed by atoms with Gasteiger partial charge in [0.05, 0.1) is 0 Å². The van der Waals surface area contributed by atoms with Gasteiger partial charge in [-0.05, 0) is 33.6 Å². The van der Waals surface area contributed by atoms with Crippen LogP contribution < -0.4 is 5.32 Å². The summed E-state index contributed by atoms with van der Waals surface area (Å²) in [6.07, 6.45) is -5.25. The van der Waals surface area contributed by atoms with E-state index in [2.05, 4.69) is 5.32 Å². The number of alkyl halides is 3. The number of carbonyl (C=O) groups is 2. The lowest BCUT2D eigenvalue weighted by molar-refractivity contribution is -0.198. The molecule has 2 amide bonds. The molecule has 1 rings (SSSR count). The number of likely N-dealkylation sites (tertiary alicyclic amines) is 1. The Hall–Kier alpha value is -1.47. The van der Waals surface area contributed by atoms with Gasteiger partial charge in [-0.2, -0.15) is 13.2 Å². The van der Waals surface area contributed by atoms with Crippen LogP contribution in [0.4, 0.5) is 18.0 Å². The van der Waals surface area contributed by atoms with E-state index in [9.17, 15) is 22.8 Å². The van der Waals surface area contributed by atoms with Crippen LogP contribution in [0, 0.1) is 5.92 Å². The third-order valence-corrected chi connectivity index (χ3v) is 3.46. The maximum absolute atomic E-state index is 13.1. The summed E-state index contributed by atoms with van der Waals surface area (Å²) < 4.78 is 44.5. The highest BCUT2D eigenvalue weighted by Crippen LogP contribution is 2.32. The Morgan fingerprint density at radius 1 is 1.17 bits per heavy atom. The van der Waals surface area contributed by atoms with E-state index in [4.69, 9.17) is 4.74 Å². The molecular weight excluding hydrogens is 313 g/mol. The normalized spacial score (nSPS) is 22.9. The lowest BCUT2D eigenvalue weighted by atomic mass is 9.96. The first-order valence-corrected chi connectivity index (χ1v) is 7.68. The number of carbonyl (C=O) groups excluding carboxylic acids is 2. The van der Waals surface area contributed by atoms with Gasteiger partial charge in [-0.25, -0.2) is 4.79 Å². The van der Waals surface area contributed by atoms with E-state index in [0.717, 1.165) is 4.90 Å². The minimum atomic E-state index is -4.47. The van der Waals surface area contributed by atoms with Crippen molar-refractivity contribution in [1.82, 2.24) is 10.2 Å². The predicted molar refractivity (Wildman–Crippen MR) is 78.8 cm³/mol. The Labute approximate surface area is 134 Å². The molecule has 1 fully saturated rings. The molecule has 1 aliphatic rings. The van der Waals surface area contributed by atoms with Crippen LogP contribution in [0.15, 0.2) is 0 Å². The highest BCUT2D eigenvalue weighted by Gasteiger charge is 2.48. The fourth-order valence-electron chi connectivity index (χ4n) is 2.48. The predicted octanol–water partition coefficient (Wildman–Crippen LogP) is 3.09. The third-order valence-electron chi connectivity index (χ3n) is 3.46. The second-order valence-corrected chi connectivity index (χ2v) is 7.12. The molecule has 0 aromatic carbocycles. The van der Waals surface area contributed by atoms with E-state index in [0.29, 0.717) is 0 Å². The van der Waals surface area contributed by atoms with Crippen LogP contribution in [-0.2, 0) is 9.53 Å². The van der Waals surface area contributed by atoms with Gasteiger partial charge in [0.1, 0.15) is 11.6 Å². The molecule has 0 radical (unpaired) electrons. The van der Waals surface area contributed by atoms with Crippen LogP contribution in [0.3, 0.4) is 0 Å². The van der Waals surface area contributed by atoms with Gasteiger partial charge >= 0.3 is 12.3 Å². The molecule has 0 aromatic heterocycles. The zero-order valence-electron chi connectivity index (χ0n) is 14.2. The molecule has 23 heavy (non-hydrogen) atoms. The van der Waals surface area contributed by atoms with E-state index in [1.165, 1.54) is 0 Å². The maximum atomic E-state index is 13.1. The van der Waals surface area contributed by atoms with Gasteiger partial charge in [-0.15, -0.1) is 0 Å². The minimum absolute atomic E-state index is 0.144. The van der Waals surface area contributed by atoms with Crippen molar-refractivity contribution >= 4 is 12.0 Å². The van der Waals surface area contributed by atoms with Gasteiger partial charge in [0.25, 0.3) is 0 Å². The van der Waals surface area contributed by atoms with E-state index >= 15 is 0 Å². The topological polar surface area (TPSA) is 58.6 Å². The van der Waals surface area contributed by atoms with E-state index in [-0.39, 0.29) is 19.4 Å². The van der Waals surface area contributed by atoms with Crippen molar-refractivity contribution in [3.8, 4) is 0 Å². The van der Waals surface area contributed by atoms with Crippen molar-refractivity contribution < 1.29 is 27.5 Å². The molecule has 1 aliphatic heterocycles. The standard InChI is InChI=1S/C15H25F3N2O3/c1-9(2)12(21)20-8-10(6-7-11(20)15(16,17)18)19-13(22)23-14(3,4)5/h9-11H,6-8H2,1-5H3,(H,19,22)/t10-,11+/m0/s1. The Bertz CT molecular complexity index is 444. The number of hydrogen-bond acceptors (Lipinski definition) is 3. The first-order chi connectivity index (χ1) is 10.3. The van der Waals surface area contributed by atoms with Crippen LogP contribution in [0.2, 0.25) is 0 Å². The van der Waals surface area contributed by atoms with Crippen molar-refractivity contribution in [2.24, 2.45) is 5.92 Å². The summed E-state index contributed by atoms with van der Waals surface area (Å²) in [4.78, 5) is 24.7. The van der Waals surface area contributed by atoms with E-state index in [1.807, 2.05) is 0 Å². The summed E-state index contributed by atoms with van der Waals surface area (Å²) in [6, 6.07) is -2.35. The molecule has 5 nitrogen and oxygen atoms in total. The van der Waals surface area contributed by atoms with Gasteiger partial charge in [0.2, 0.25) is 5.91 Å². The van der Waals surface area contributed by atoms with Crippen LogP contribution in [-0.4, -0.2) is 47.3 Å². The molecule has 0 aromatic rings. The van der Waals surface area contributed by atoms with Crippen molar-refractivity contribution in [3.05, 3.63) is 0 Å². The summed E-state index contributed by atoms with van der Waals surface area (Å²) in [5.74, 6) is -1.11. The second-order valence-electron chi connectivity index (χ2n) is 7.12. The van der Waals surface area contributed by atoms with Crippen molar-refractivity contribution in [3.63, 3.8) is 0 Å². The number of rotatable bonds is 2. The van der Waals surface area contributed by atoms with Crippen molar-refractivity contribution in [2.75, 3.05) is 6.54 Å². The Kier molecular flexibility index (Phi) is 5.93. The van der Waals surface area contributed by atoms with Crippen LogP contribution >= 0.6 is 0 Å². The summed E-state index contributed by atoms with van der Waals surface area (Å²) in [5, 5.41) is 2.55. The molecule has 0 aliphatic carbocycles. The van der Waals surface area contributed by atoms with Gasteiger partial charge in [0, 0.05) is 18.5 Å². The maximum Gasteiger partial charge on any atom is 0.408 e. The van der Waals surface area contributed by atoms with E-state index in [1.54, 1.807) is 34.6 Å². The molecule has 8 heteroatoms. The van der Waals surface area contributed by atoms with Crippen LogP contribution in [0.25, 0.3) is 0 Å². The summed E-state index contributed by atoms with van der Waals surface area (Å²) >= 11 is 0. The fourth-order valence-corrected chi connectivity index (χ4v) is 2.48. The van der Waals surface area contributed by atoms with Gasteiger partial charge in [-0.1, -0.05) is 13.8 Å². The molecule has 0 unspecified atom stereocenters. The molecular formula is C15H25F3N2O3. The lowest BCUT2D eigenvalue weighted by Crippen LogP contribution is -2.59. The van der Waals surface area contributed by atoms with Crippen LogP contribution in [0.1, 0.15) is 47.5 Å². The van der Waals surface area contributed by atoms with Gasteiger partial charge in [0.15, 0.2) is 0 Å². The number of ether oxygens (including phenoxy) is 1. The first kappa shape index (κ1) is 19.6. The SMILES string of the molecule is CC(C)C(=O)N1C[C@@H](NC(=O)OC(C)(C)C)CC[C@@H]1C(F)(F)F. The zero-order valence-corrected chi connectivity index (χ0v) is 14.2. The third kappa shape index (κ3) is 5.91. The first-order valence-electron chi connectivity index (χ1n) is 7.68. The van der Waals surface area contributed by atoms with Gasteiger partial charge in [-0.3, -0.25) is 4.79 Å². The zero-order chi connectivity index (χ0) is 18.0. The minimum Gasteiger partial charge on any atom is -0.444 e. The van der Waals surface area contributed by atoms with E-state index < -0.39 is 41.8 Å². The van der Waals surface area contributed by atoms with Crippen molar-refractivity contribution in [1.29, 1.82) is 0 Å². The molecule has 2 atom stereocenters. The van der Waals surface area contributed by atoms with Gasteiger partial charge < -0.3 is 15.0 Å².